The number of piperidine rings is 1. The van der Waals surface area contributed by atoms with E-state index in [-0.39, 0.29) is 0 Å². The molecule has 1 N–H and O–H groups in total. The third kappa shape index (κ3) is 2.73. The second-order valence-electron chi connectivity index (χ2n) is 6.14. The van der Waals surface area contributed by atoms with Gasteiger partial charge < -0.3 is 5.32 Å². The predicted octanol–water partition coefficient (Wildman–Crippen LogP) is 2.25. The lowest BCUT2D eigenvalue weighted by molar-refractivity contribution is 0.140. The van der Waals surface area contributed by atoms with Gasteiger partial charge in [-0.05, 0) is 58.5 Å². The smallest absolute Gasteiger partial charge is 0.0197 e. The van der Waals surface area contributed by atoms with E-state index >= 15 is 0 Å². The van der Waals surface area contributed by atoms with Crippen LogP contribution in [0.15, 0.2) is 0 Å². The molecule has 0 aromatic carbocycles. The number of nitrogens with one attached hydrogen (secondary N) is 1. The summed E-state index contributed by atoms with van der Waals surface area (Å²) >= 11 is 0. The van der Waals surface area contributed by atoms with E-state index in [1.54, 1.807) is 0 Å². The van der Waals surface area contributed by atoms with Gasteiger partial charge in [-0.25, -0.2) is 0 Å². The summed E-state index contributed by atoms with van der Waals surface area (Å²) in [5, 5.41) is 3.67. The first-order valence-corrected chi connectivity index (χ1v) is 6.56. The summed E-state index contributed by atoms with van der Waals surface area (Å²) in [4.78, 5) is 2.68. The minimum atomic E-state index is 0.447. The molecule has 0 saturated carbocycles. The molecule has 15 heavy (non-hydrogen) atoms. The minimum Gasteiger partial charge on any atom is -0.313 e. The van der Waals surface area contributed by atoms with Gasteiger partial charge in [0, 0.05) is 18.1 Å². The number of hydrogen-bond donors (Lipinski definition) is 1. The number of rotatable bonds is 2. The Bertz CT molecular complexity index is 213. The maximum absolute atomic E-state index is 3.67. The van der Waals surface area contributed by atoms with Crippen LogP contribution in [0.5, 0.6) is 0 Å². The fourth-order valence-corrected chi connectivity index (χ4v) is 3.13. The van der Waals surface area contributed by atoms with Gasteiger partial charge in [0.1, 0.15) is 0 Å². The molecule has 2 atom stereocenters. The molecule has 2 saturated heterocycles. The van der Waals surface area contributed by atoms with Crippen LogP contribution < -0.4 is 5.32 Å². The molecular weight excluding hydrogens is 184 g/mol. The molecule has 2 heteroatoms. The standard InChI is InChI=1S/C13H26N2/c1-11-5-7-14-12(9-11)10-15-8-4-6-13(15,2)3/h11-12,14H,4-10H2,1-3H3. The highest BCUT2D eigenvalue weighted by atomic mass is 15.2. The van der Waals surface area contributed by atoms with E-state index in [0.29, 0.717) is 5.54 Å². The Balaban J connectivity index is 1.85. The van der Waals surface area contributed by atoms with Gasteiger partial charge in [0.25, 0.3) is 0 Å². The lowest BCUT2D eigenvalue weighted by Gasteiger charge is -2.37. The van der Waals surface area contributed by atoms with Crippen LogP contribution in [0.1, 0.15) is 46.5 Å². The van der Waals surface area contributed by atoms with E-state index in [0.717, 1.165) is 12.0 Å². The van der Waals surface area contributed by atoms with Gasteiger partial charge >= 0.3 is 0 Å². The summed E-state index contributed by atoms with van der Waals surface area (Å²) < 4.78 is 0. The molecule has 0 spiro atoms. The lowest BCUT2D eigenvalue weighted by Crippen LogP contribution is -2.49. The Labute approximate surface area is 94.4 Å². The molecule has 88 valence electrons. The zero-order valence-corrected chi connectivity index (χ0v) is 10.6. The van der Waals surface area contributed by atoms with E-state index in [1.807, 2.05) is 0 Å². The van der Waals surface area contributed by atoms with Gasteiger partial charge in [-0.3, -0.25) is 4.90 Å². The zero-order chi connectivity index (χ0) is 10.9. The topological polar surface area (TPSA) is 15.3 Å². The molecule has 2 aliphatic heterocycles. The second-order valence-corrected chi connectivity index (χ2v) is 6.14. The Morgan fingerprint density at radius 3 is 2.80 bits per heavy atom. The maximum atomic E-state index is 3.67. The van der Waals surface area contributed by atoms with Crippen molar-refractivity contribution in [3.63, 3.8) is 0 Å². The third-order valence-corrected chi connectivity index (χ3v) is 4.27. The first kappa shape index (κ1) is 11.4. The molecule has 2 fully saturated rings. The highest BCUT2D eigenvalue weighted by molar-refractivity contribution is 4.91. The van der Waals surface area contributed by atoms with Crippen molar-refractivity contribution < 1.29 is 0 Å². The van der Waals surface area contributed by atoms with Crippen LogP contribution in [-0.4, -0.2) is 36.1 Å². The van der Waals surface area contributed by atoms with Crippen LogP contribution in [0.3, 0.4) is 0 Å². The maximum Gasteiger partial charge on any atom is 0.0197 e. The lowest BCUT2D eigenvalue weighted by atomic mass is 9.93. The molecule has 2 nitrogen and oxygen atoms in total. The van der Waals surface area contributed by atoms with E-state index < -0.39 is 0 Å². The Kier molecular flexibility index (Phi) is 3.36. The van der Waals surface area contributed by atoms with Crippen molar-refractivity contribution in [1.82, 2.24) is 10.2 Å². The molecule has 0 aliphatic carbocycles. The zero-order valence-electron chi connectivity index (χ0n) is 10.6. The summed E-state index contributed by atoms with van der Waals surface area (Å²) in [6.07, 6.45) is 5.48. The monoisotopic (exact) mass is 210 g/mol. The average molecular weight is 210 g/mol. The third-order valence-electron chi connectivity index (χ3n) is 4.27. The van der Waals surface area contributed by atoms with Crippen molar-refractivity contribution in [3.8, 4) is 0 Å². The van der Waals surface area contributed by atoms with Gasteiger partial charge in [-0.1, -0.05) is 6.92 Å². The molecule has 2 aliphatic rings. The Morgan fingerprint density at radius 2 is 2.20 bits per heavy atom. The largest absolute Gasteiger partial charge is 0.313 e. The summed E-state index contributed by atoms with van der Waals surface area (Å²) in [6, 6.07) is 0.742. The van der Waals surface area contributed by atoms with Gasteiger partial charge in [-0.15, -0.1) is 0 Å². The SMILES string of the molecule is CC1CCNC(CN2CCCC2(C)C)C1. The van der Waals surface area contributed by atoms with Crippen molar-refractivity contribution in [2.75, 3.05) is 19.6 Å². The molecule has 2 unspecified atom stereocenters. The van der Waals surface area contributed by atoms with Crippen LogP contribution >= 0.6 is 0 Å². The predicted molar refractivity (Wildman–Crippen MR) is 65.1 cm³/mol. The van der Waals surface area contributed by atoms with Crippen LogP contribution in [0.4, 0.5) is 0 Å². The minimum absolute atomic E-state index is 0.447. The number of hydrogen-bond acceptors (Lipinski definition) is 2. The second kappa shape index (κ2) is 4.42. The highest BCUT2D eigenvalue weighted by Crippen LogP contribution is 2.29. The van der Waals surface area contributed by atoms with Crippen molar-refractivity contribution in [3.05, 3.63) is 0 Å². The van der Waals surface area contributed by atoms with Crippen molar-refractivity contribution >= 4 is 0 Å². The molecule has 0 radical (unpaired) electrons. The molecule has 2 rings (SSSR count). The van der Waals surface area contributed by atoms with Crippen LogP contribution in [0.25, 0.3) is 0 Å². The molecule has 0 aromatic heterocycles. The summed E-state index contributed by atoms with van der Waals surface area (Å²) in [7, 11) is 0. The van der Waals surface area contributed by atoms with Crippen LogP contribution in [-0.2, 0) is 0 Å². The van der Waals surface area contributed by atoms with Crippen molar-refractivity contribution in [2.24, 2.45) is 5.92 Å². The normalized spacial score (nSPS) is 37.0. The fraction of sp³-hybridized carbons (Fsp3) is 1.00. The summed E-state index contributed by atoms with van der Waals surface area (Å²) in [5.41, 5.74) is 0.447. The number of nitrogens with zero attached hydrogens (tertiary/aromatic N) is 1. The van der Waals surface area contributed by atoms with Crippen LogP contribution in [0, 0.1) is 5.92 Å². The molecule has 2 heterocycles. The molecule has 0 aromatic rings. The Morgan fingerprint density at radius 1 is 1.40 bits per heavy atom. The van der Waals surface area contributed by atoms with Crippen molar-refractivity contribution in [2.45, 2.75) is 58.0 Å². The highest BCUT2D eigenvalue weighted by Gasteiger charge is 2.33. The number of likely N-dealkylation sites (tertiary alicyclic amines) is 1. The van der Waals surface area contributed by atoms with E-state index in [9.17, 15) is 0 Å². The van der Waals surface area contributed by atoms with Gasteiger partial charge in [0.15, 0.2) is 0 Å². The fourth-order valence-electron chi connectivity index (χ4n) is 3.13. The average Bonchev–Trinajstić information content (AvgIpc) is 2.46. The van der Waals surface area contributed by atoms with Gasteiger partial charge in [0.2, 0.25) is 0 Å². The Hall–Kier alpha value is -0.0800. The van der Waals surface area contributed by atoms with Gasteiger partial charge in [-0.2, -0.15) is 0 Å². The van der Waals surface area contributed by atoms with E-state index in [2.05, 4.69) is 31.0 Å². The first-order chi connectivity index (χ1) is 7.08. The molecular formula is C13H26N2. The van der Waals surface area contributed by atoms with Gasteiger partial charge in [0.05, 0.1) is 0 Å². The quantitative estimate of drug-likeness (QED) is 0.752. The molecule has 0 bridgehead atoms. The summed E-state index contributed by atoms with van der Waals surface area (Å²) in [5.74, 6) is 0.918. The van der Waals surface area contributed by atoms with Crippen molar-refractivity contribution in [1.29, 1.82) is 0 Å². The first-order valence-electron chi connectivity index (χ1n) is 6.56. The van der Waals surface area contributed by atoms with E-state index in [4.69, 9.17) is 0 Å². The summed E-state index contributed by atoms with van der Waals surface area (Å²) in [6.45, 7) is 11.0. The van der Waals surface area contributed by atoms with E-state index in [1.165, 1.54) is 45.3 Å². The molecule has 0 amide bonds. The van der Waals surface area contributed by atoms with Crippen LogP contribution in [0.2, 0.25) is 0 Å².